The van der Waals surface area contributed by atoms with Crippen LogP contribution < -0.4 is 0 Å². The van der Waals surface area contributed by atoms with Crippen LogP contribution in [0, 0.1) is 0 Å². The van der Waals surface area contributed by atoms with Crippen LogP contribution in [0.5, 0.6) is 0 Å². The summed E-state index contributed by atoms with van der Waals surface area (Å²) in [6.45, 7) is -1.33. The molecular weight excluding hydrogens is 320 g/mol. The first-order valence-electron chi connectivity index (χ1n) is 7.08. The summed E-state index contributed by atoms with van der Waals surface area (Å²) >= 11 is 0. The van der Waals surface area contributed by atoms with E-state index in [1.807, 2.05) is 0 Å². The van der Waals surface area contributed by atoms with Gasteiger partial charge in [-0.05, 0) is 0 Å². The molecule has 2 fully saturated rings. The van der Waals surface area contributed by atoms with Gasteiger partial charge in [0.25, 0.3) is 0 Å². The van der Waals surface area contributed by atoms with E-state index in [1.54, 1.807) is 0 Å². The molecule has 2 aliphatic rings. The lowest BCUT2D eigenvalue weighted by molar-refractivity contribution is -0.361. The second kappa shape index (κ2) is 7.63. The standard InChI is InChI=1S/C12H22O11/c13-1-3-6(16)8(18)10(11(20)21-3)23-12-9(19)7(17)5(15)4(2-14)22-12/h3-20H,1-2H2/t3-,4-,5-,6-,7+,8+,9-,10-,11?,12?/m1/s1. The van der Waals surface area contributed by atoms with E-state index >= 15 is 0 Å². The van der Waals surface area contributed by atoms with E-state index < -0.39 is 74.6 Å². The molecule has 2 aliphatic heterocycles. The molecule has 0 aromatic carbocycles. The highest BCUT2D eigenvalue weighted by Gasteiger charge is 2.50. The predicted molar refractivity (Wildman–Crippen MR) is 68.6 cm³/mol. The van der Waals surface area contributed by atoms with Crippen LogP contribution in [0.2, 0.25) is 0 Å². The summed E-state index contributed by atoms with van der Waals surface area (Å²) in [6, 6.07) is 0. The van der Waals surface area contributed by atoms with Crippen molar-refractivity contribution in [2.24, 2.45) is 0 Å². The van der Waals surface area contributed by atoms with Crippen molar-refractivity contribution in [3.05, 3.63) is 0 Å². The molecule has 2 unspecified atom stereocenters. The zero-order valence-electron chi connectivity index (χ0n) is 12.0. The Morgan fingerprint density at radius 2 is 1.17 bits per heavy atom. The fourth-order valence-corrected chi connectivity index (χ4v) is 2.55. The normalized spacial score (nSPS) is 51.7. The molecule has 2 rings (SSSR count). The summed E-state index contributed by atoms with van der Waals surface area (Å²) in [6.07, 6.45) is -15.6. The Balaban J connectivity index is 2.08. The van der Waals surface area contributed by atoms with Gasteiger partial charge in [0.15, 0.2) is 12.6 Å². The van der Waals surface area contributed by atoms with Gasteiger partial charge in [-0.15, -0.1) is 0 Å². The van der Waals surface area contributed by atoms with Gasteiger partial charge in [0.1, 0.15) is 48.8 Å². The fraction of sp³-hybridized carbons (Fsp3) is 1.00. The number of rotatable bonds is 4. The van der Waals surface area contributed by atoms with Gasteiger partial charge in [-0.25, -0.2) is 0 Å². The number of aliphatic hydroxyl groups excluding tert-OH is 8. The highest BCUT2D eigenvalue weighted by molar-refractivity contribution is 4.93. The van der Waals surface area contributed by atoms with Crippen molar-refractivity contribution < 1.29 is 55.1 Å². The number of aliphatic hydroxyl groups is 8. The van der Waals surface area contributed by atoms with E-state index in [-0.39, 0.29) is 0 Å². The molecule has 11 heteroatoms. The zero-order valence-corrected chi connectivity index (χ0v) is 12.0. The van der Waals surface area contributed by atoms with E-state index in [1.165, 1.54) is 0 Å². The summed E-state index contributed by atoms with van der Waals surface area (Å²) < 4.78 is 15.1. The van der Waals surface area contributed by atoms with Crippen LogP contribution in [0.25, 0.3) is 0 Å². The molecule has 0 radical (unpaired) electrons. The lowest BCUT2D eigenvalue weighted by Crippen LogP contribution is -2.64. The van der Waals surface area contributed by atoms with Gasteiger partial charge in [0.2, 0.25) is 0 Å². The SMILES string of the molecule is OC[C@H]1OC(O[C@H]2C(O)O[C@H](CO)[C@@H](O)[C@@H]2O)[C@H](O)[C@@H](O)[C@@H]1O. The Hall–Kier alpha value is -0.440. The molecule has 0 aliphatic carbocycles. The highest BCUT2D eigenvalue weighted by atomic mass is 16.7. The van der Waals surface area contributed by atoms with Crippen LogP contribution in [0.4, 0.5) is 0 Å². The molecule has 2 saturated heterocycles. The van der Waals surface area contributed by atoms with Gasteiger partial charge in [0.05, 0.1) is 13.2 Å². The Labute approximate surface area is 130 Å². The minimum atomic E-state index is -1.75. The Morgan fingerprint density at radius 1 is 0.652 bits per heavy atom. The molecule has 0 spiro atoms. The van der Waals surface area contributed by atoms with Crippen LogP contribution >= 0.6 is 0 Å². The van der Waals surface area contributed by atoms with Gasteiger partial charge in [0, 0.05) is 0 Å². The van der Waals surface area contributed by atoms with Crippen molar-refractivity contribution in [2.75, 3.05) is 13.2 Å². The van der Waals surface area contributed by atoms with Crippen molar-refractivity contribution in [1.29, 1.82) is 0 Å². The van der Waals surface area contributed by atoms with E-state index in [2.05, 4.69) is 0 Å². The minimum absolute atomic E-state index is 0.651. The van der Waals surface area contributed by atoms with E-state index in [0.717, 1.165) is 0 Å². The molecule has 0 amide bonds. The monoisotopic (exact) mass is 342 g/mol. The molecule has 0 saturated carbocycles. The van der Waals surface area contributed by atoms with Crippen molar-refractivity contribution in [2.45, 2.75) is 61.4 Å². The van der Waals surface area contributed by atoms with Crippen molar-refractivity contribution in [3.63, 3.8) is 0 Å². The highest BCUT2D eigenvalue weighted by Crippen LogP contribution is 2.28. The predicted octanol–water partition coefficient (Wildman–Crippen LogP) is -5.40. The van der Waals surface area contributed by atoms with E-state index in [0.29, 0.717) is 0 Å². The lowest BCUT2D eigenvalue weighted by Gasteiger charge is -2.44. The second-order valence-corrected chi connectivity index (χ2v) is 5.53. The minimum Gasteiger partial charge on any atom is -0.394 e. The summed E-state index contributed by atoms with van der Waals surface area (Å²) in [7, 11) is 0. The second-order valence-electron chi connectivity index (χ2n) is 5.53. The first kappa shape index (κ1) is 18.9. The van der Waals surface area contributed by atoms with Crippen LogP contribution in [-0.2, 0) is 14.2 Å². The molecule has 10 atom stereocenters. The quantitative estimate of drug-likeness (QED) is 0.243. The van der Waals surface area contributed by atoms with Crippen molar-refractivity contribution in [3.8, 4) is 0 Å². The number of ether oxygens (including phenoxy) is 3. The third-order valence-electron chi connectivity index (χ3n) is 3.98. The first-order valence-corrected chi connectivity index (χ1v) is 7.08. The van der Waals surface area contributed by atoms with Crippen molar-refractivity contribution >= 4 is 0 Å². The van der Waals surface area contributed by atoms with Gasteiger partial charge in [-0.3, -0.25) is 0 Å². The number of hydrogen-bond acceptors (Lipinski definition) is 11. The van der Waals surface area contributed by atoms with Gasteiger partial charge in [-0.2, -0.15) is 0 Å². The summed E-state index contributed by atoms with van der Waals surface area (Å²) in [5.74, 6) is 0. The third kappa shape index (κ3) is 3.65. The average molecular weight is 342 g/mol. The molecule has 2 heterocycles. The van der Waals surface area contributed by atoms with Crippen LogP contribution in [0.3, 0.4) is 0 Å². The topological polar surface area (TPSA) is 190 Å². The van der Waals surface area contributed by atoms with Gasteiger partial charge < -0.3 is 55.1 Å². The molecule has 0 bridgehead atoms. The Kier molecular flexibility index (Phi) is 6.27. The maximum Gasteiger partial charge on any atom is 0.187 e. The van der Waals surface area contributed by atoms with Gasteiger partial charge >= 0.3 is 0 Å². The summed E-state index contributed by atoms with van der Waals surface area (Å²) in [5.41, 5.74) is 0. The molecule has 23 heavy (non-hydrogen) atoms. The van der Waals surface area contributed by atoms with E-state index in [9.17, 15) is 30.6 Å². The van der Waals surface area contributed by atoms with Crippen molar-refractivity contribution in [1.82, 2.24) is 0 Å². The zero-order chi connectivity index (χ0) is 17.3. The Bertz CT molecular complexity index is 380. The molecule has 0 aromatic rings. The molecule has 11 nitrogen and oxygen atoms in total. The molecule has 136 valence electrons. The maximum absolute atomic E-state index is 9.94. The summed E-state index contributed by atoms with van der Waals surface area (Å²) in [5, 5.41) is 76.7. The average Bonchev–Trinajstić information content (AvgIpc) is 2.54. The van der Waals surface area contributed by atoms with Gasteiger partial charge in [-0.1, -0.05) is 0 Å². The Morgan fingerprint density at radius 3 is 1.74 bits per heavy atom. The summed E-state index contributed by atoms with van der Waals surface area (Å²) in [4.78, 5) is 0. The smallest absolute Gasteiger partial charge is 0.187 e. The molecule has 0 aromatic heterocycles. The third-order valence-corrected chi connectivity index (χ3v) is 3.98. The van der Waals surface area contributed by atoms with Crippen LogP contribution in [0.1, 0.15) is 0 Å². The maximum atomic E-state index is 9.94. The molecule has 8 N–H and O–H groups in total. The fourth-order valence-electron chi connectivity index (χ4n) is 2.55. The van der Waals surface area contributed by atoms with E-state index in [4.69, 9.17) is 24.4 Å². The lowest BCUT2D eigenvalue weighted by atomic mass is 9.97. The van der Waals surface area contributed by atoms with Crippen LogP contribution in [0.15, 0.2) is 0 Å². The first-order chi connectivity index (χ1) is 10.8. The largest absolute Gasteiger partial charge is 0.394 e. The number of hydrogen-bond donors (Lipinski definition) is 8. The molecular formula is C12H22O11. The van der Waals surface area contributed by atoms with Crippen LogP contribution in [-0.4, -0.2) is 115 Å².